The number of ether oxygens (including phenoxy) is 1. The van der Waals surface area contributed by atoms with Crippen LogP contribution < -0.4 is 16.0 Å². The van der Waals surface area contributed by atoms with Gasteiger partial charge in [-0.1, -0.05) is 13.8 Å². The van der Waals surface area contributed by atoms with Gasteiger partial charge in [0.1, 0.15) is 0 Å². The Kier molecular flexibility index (Phi) is 10.9. The second-order valence-corrected chi connectivity index (χ2v) is 7.60. The summed E-state index contributed by atoms with van der Waals surface area (Å²) in [5.41, 5.74) is 2.50. The second kappa shape index (κ2) is 13.9. The molecule has 0 fully saturated rings. The fourth-order valence-corrected chi connectivity index (χ4v) is 3.23. The number of benzene rings is 2. The summed E-state index contributed by atoms with van der Waals surface area (Å²) in [4.78, 5) is 38.8. The molecule has 0 unspecified atom stereocenters. The number of amides is 3. The van der Waals surface area contributed by atoms with E-state index in [1.807, 2.05) is 4.90 Å². The Hall–Kier alpha value is -3.39. The number of hydrogen-bond donors (Lipinski definition) is 3. The third kappa shape index (κ3) is 8.57. The SMILES string of the molecule is CCCN(CCC)C(=O)c1ccc(NCC(=O)Nc2ccc(C(=O)NCCOC)cc2)cc1. The Morgan fingerprint density at radius 3 is 2.00 bits per heavy atom. The largest absolute Gasteiger partial charge is 0.383 e. The Balaban J connectivity index is 1.83. The number of rotatable bonds is 13. The van der Waals surface area contributed by atoms with Crippen molar-refractivity contribution in [1.82, 2.24) is 10.2 Å². The lowest BCUT2D eigenvalue weighted by Crippen LogP contribution is -2.32. The summed E-state index contributed by atoms with van der Waals surface area (Å²) in [5, 5.41) is 8.59. The summed E-state index contributed by atoms with van der Waals surface area (Å²) in [6, 6.07) is 13.8. The molecule has 0 aliphatic heterocycles. The summed E-state index contributed by atoms with van der Waals surface area (Å²) < 4.78 is 4.90. The molecule has 0 atom stereocenters. The number of methoxy groups -OCH3 is 1. The third-order valence-electron chi connectivity index (χ3n) is 4.88. The summed E-state index contributed by atoms with van der Waals surface area (Å²) >= 11 is 0. The lowest BCUT2D eigenvalue weighted by Gasteiger charge is -2.21. The van der Waals surface area contributed by atoms with Crippen molar-refractivity contribution >= 4 is 29.1 Å². The number of carbonyl (C=O) groups is 3. The van der Waals surface area contributed by atoms with Gasteiger partial charge in [0, 0.05) is 49.2 Å². The van der Waals surface area contributed by atoms with Crippen molar-refractivity contribution < 1.29 is 19.1 Å². The first kappa shape index (κ1) is 25.9. The molecule has 3 amide bonds. The molecule has 8 nitrogen and oxygen atoms in total. The standard InChI is InChI=1S/C25H34N4O4/c1-4-15-29(16-5-2)25(32)20-8-10-21(11-9-20)27-18-23(30)28-22-12-6-19(7-13-22)24(31)26-14-17-33-3/h6-13,27H,4-5,14-18H2,1-3H3,(H,26,31)(H,28,30). The van der Waals surface area contributed by atoms with E-state index >= 15 is 0 Å². The van der Waals surface area contributed by atoms with Crippen LogP contribution in [0.25, 0.3) is 0 Å². The van der Waals surface area contributed by atoms with E-state index in [2.05, 4.69) is 29.8 Å². The van der Waals surface area contributed by atoms with E-state index in [0.29, 0.717) is 30.0 Å². The van der Waals surface area contributed by atoms with Crippen molar-refractivity contribution in [3.8, 4) is 0 Å². The highest BCUT2D eigenvalue weighted by molar-refractivity contribution is 5.97. The zero-order valence-electron chi connectivity index (χ0n) is 19.6. The minimum atomic E-state index is -0.218. The monoisotopic (exact) mass is 454 g/mol. The quantitative estimate of drug-likeness (QED) is 0.403. The molecule has 0 saturated carbocycles. The van der Waals surface area contributed by atoms with Crippen LogP contribution in [0.1, 0.15) is 47.4 Å². The highest BCUT2D eigenvalue weighted by atomic mass is 16.5. The summed E-state index contributed by atoms with van der Waals surface area (Å²) in [6.45, 7) is 6.56. The lowest BCUT2D eigenvalue weighted by molar-refractivity contribution is -0.114. The topological polar surface area (TPSA) is 99.8 Å². The van der Waals surface area contributed by atoms with Crippen LogP contribution in [-0.4, -0.2) is 62.5 Å². The molecule has 0 aliphatic carbocycles. The maximum Gasteiger partial charge on any atom is 0.253 e. The average Bonchev–Trinajstić information content (AvgIpc) is 2.83. The smallest absolute Gasteiger partial charge is 0.253 e. The minimum Gasteiger partial charge on any atom is -0.383 e. The van der Waals surface area contributed by atoms with Gasteiger partial charge in [-0.2, -0.15) is 0 Å². The number of carbonyl (C=O) groups excluding carboxylic acids is 3. The van der Waals surface area contributed by atoms with E-state index < -0.39 is 0 Å². The summed E-state index contributed by atoms with van der Waals surface area (Å²) in [7, 11) is 1.57. The Morgan fingerprint density at radius 2 is 1.42 bits per heavy atom. The molecule has 0 aromatic heterocycles. The number of nitrogens with one attached hydrogen (secondary N) is 3. The predicted molar refractivity (Wildman–Crippen MR) is 131 cm³/mol. The maximum absolute atomic E-state index is 12.6. The molecule has 0 spiro atoms. The molecule has 178 valence electrons. The van der Waals surface area contributed by atoms with Gasteiger partial charge in [-0.05, 0) is 61.4 Å². The molecule has 0 heterocycles. The molecule has 0 aliphatic rings. The molecule has 8 heteroatoms. The van der Waals surface area contributed by atoms with Crippen LogP contribution in [0.2, 0.25) is 0 Å². The van der Waals surface area contributed by atoms with Crippen molar-refractivity contribution in [1.29, 1.82) is 0 Å². The van der Waals surface area contributed by atoms with Crippen LogP contribution >= 0.6 is 0 Å². The lowest BCUT2D eigenvalue weighted by atomic mass is 10.1. The Bertz CT molecular complexity index is 892. The Labute approximate surface area is 195 Å². The zero-order valence-corrected chi connectivity index (χ0v) is 19.6. The first-order valence-corrected chi connectivity index (χ1v) is 11.3. The van der Waals surface area contributed by atoms with E-state index in [4.69, 9.17) is 4.74 Å². The van der Waals surface area contributed by atoms with E-state index in [-0.39, 0.29) is 24.3 Å². The first-order valence-electron chi connectivity index (χ1n) is 11.3. The third-order valence-corrected chi connectivity index (χ3v) is 4.88. The molecule has 2 aromatic rings. The molecule has 0 saturated heterocycles. The molecular weight excluding hydrogens is 420 g/mol. The van der Waals surface area contributed by atoms with Gasteiger partial charge in [0.2, 0.25) is 5.91 Å². The van der Waals surface area contributed by atoms with Gasteiger partial charge >= 0.3 is 0 Å². The minimum absolute atomic E-state index is 0.0267. The fraction of sp³-hybridized carbons (Fsp3) is 0.400. The van der Waals surface area contributed by atoms with Crippen LogP contribution in [0, 0.1) is 0 Å². The number of hydrogen-bond acceptors (Lipinski definition) is 5. The van der Waals surface area contributed by atoms with Crippen molar-refractivity contribution in [3.05, 3.63) is 59.7 Å². The van der Waals surface area contributed by atoms with Gasteiger partial charge in [0.25, 0.3) is 11.8 Å². The number of nitrogens with zero attached hydrogens (tertiary/aromatic N) is 1. The highest BCUT2D eigenvalue weighted by Gasteiger charge is 2.14. The second-order valence-electron chi connectivity index (χ2n) is 7.60. The summed E-state index contributed by atoms with van der Waals surface area (Å²) in [6.07, 6.45) is 1.84. The van der Waals surface area contributed by atoms with Gasteiger partial charge in [-0.3, -0.25) is 14.4 Å². The first-order chi connectivity index (χ1) is 16.0. The van der Waals surface area contributed by atoms with Crippen LogP contribution in [0.3, 0.4) is 0 Å². The van der Waals surface area contributed by atoms with Crippen molar-refractivity contribution in [2.75, 3.05) is 50.5 Å². The average molecular weight is 455 g/mol. The predicted octanol–water partition coefficient (Wildman–Crippen LogP) is 3.38. The molecule has 33 heavy (non-hydrogen) atoms. The Morgan fingerprint density at radius 1 is 0.848 bits per heavy atom. The van der Waals surface area contributed by atoms with Gasteiger partial charge in [-0.25, -0.2) is 0 Å². The molecule has 3 N–H and O–H groups in total. The van der Waals surface area contributed by atoms with E-state index in [1.54, 1.807) is 55.6 Å². The van der Waals surface area contributed by atoms with Gasteiger partial charge < -0.3 is 25.6 Å². The van der Waals surface area contributed by atoms with Gasteiger partial charge in [0.05, 0.1) is 13.2 Å². The molecular formula is C25H34N4O4. The van der Waals surface area contributed by atoms with E-state index in [9.17, 15) is 14.4 Å². The molecule has 0 bridgehead atoms. The summed E-state index contributed by atoms with van der Waals surface area (Å²) in [5.74, 6) is -0.385. The molecule has 2 aromatic carbocycles. The maximum atomic E-state index is 12.6. The van der Waals surface area contributed by atoms with Gasteiger partial charge in [0.15, 0.2) is 0 Å². The van der Waals surface area contributed by atoms with Crippen LogP contribution in [-0.2, 0) is 9.53 Å². The van der Waals surface area contributed by atoms with Crippen molar-refractivity contribution in [3.63, 3.8) is 0 Å². The number of anilines is 2. The van der Waals surface area contributed by atoms with E-state index in [1.165, 1.54) is 0 Å². The highest BCUT2D eigenvalue weighted by Crippen LogP contribution is 2.13. The molecule has 2 rings (SSSR count). The van der Waals surface area contributed by atoms with Crippen LogP contribution in [0.5, 0.6) is 0 Å². The van der Waals surface area contributed by atoms with Crippen LogP contribution in [0.15, 0.2) is 48.5 Å². The van der Waals surface area contributed by atoms with E-state index in [0.717, 1.165) is 31.6 Å². The fourth-order valence-electron chi connectivity index (χ4n) is 3.23. The van der Waals surface area contributed by atoms with Crippen LogP contribution in [0.4, 0.5) is 11.4 Å². The normalized spacial score (nSPS) is 10.4. The van der Waals surface area contributed by atoms with Crippen molar-refractivity contribution in [2.24, 2.45) is 0 Å². The van der Waals surface area contributed by atoms with Crippen molar-refractivity contribution in [2.45, 2.75) is 26.7 Å². The molecule has 0 radical (unpaired) electrons. The van der Waals surface area contributed by atoms with Gasteiger partial charge in [-0.15, -0.1) is 0 Å². The zero-order chi connectivity index (χ0) is 24.1.